The lowest BCUT2D eigenvalue weighted by atomic mass is 10.3. The number of pyridine rings is 1. The molecule has 0 spiro atoms. The zero-order valence-electron chi connectivity index (χ0n) is 8.48. The summed E-state index contributed by atoms with van der Waals surface area (Å²) in [5.41, 5.74) is 0.710. The lowest BCUT2D eigenvalue weighted by Gasteiger charge is -2.09. The van der Waals surface area contributed by atoms with E-state index in [4.69, 9.17) is 4.84 Å². The SMILES string of the molecule is CON(C)C(=O)C=Cc1cc(Br)ccn1. The van der Waals surface area contributed by atoms with E-state index < -0.39 is 0 Å². The van der Waals surface area contributed by atoms with Gasteiger partial charge in [0.1, 0.15) is 0 Å². The predicted molar refractivity (Wildman–Crippen MR) is 60.8 cm³/mol. The predicted octanol–water partition coefficient (Wildman–Crippen LogP) is 1.88. The molecule has 1 aromatic heterocycles. The first-order valence-corrected chi connectivity index (χ1v) is 5.04. The number of hydroxylamine groups is 2. The van der Waals surface area contributed by atoms with Crippen molar-refractivity contribution >= 4 is 27.9 Å². The second-order valence-electron chi connectivity index (χ2n) is 2.75. The Morgan fingerprint density at radius 3 is 3.00 bits per heavy atom. The van der Waals surface area contributed by atoms with Crippen LogP contribution in [0.5, 0.6) is 0 Å². The summed E-state index contributed by atoms with van der Waals surface area (Å²) in [6.45, 7) is 0. The first kappa shape index (κ1) is 11.9. The Kier molecular flexibility index (Phi) is 4.45. The van der Waals surface area contributed by atoms with Crippen molar-refractivity contribution in [2.75, 3.05) is 14.2 Å². The number of carbonyl (C=O) groups excluding carboxylic acids is 1. The normalized spacial score (nSPS) is 10.6. The number of aromatic nitrogens is 1. The van der Waals surface area contributed by atoms with Gasteiger partial charge in [-0.15, -0.1) is 0 Å². The highest BCUT2D eigenvalue weighted by molar-refractivity contribution is 9.10. The van der Waals surface area contributed by atoms with Gasteiger partial charge in [-0.3, -0.25) is 14.6 Å². The van der Waals surface area contributed by atoms with E-state index in [9.17, 15) is 4.79 Å². The van der Waals surface area contributed by atoms with E-state index in [1.54, 1.807) is 19.3 Å². The zero-order chi connectivity index (χ0) is 11.3. The van der Waals surface area contributed by atoms with Gasteiger partial charge in [-0.05, 0) is 18.2 Å². The second-order valence-corrected chi connectivity index (χ2v) is 3.67. The first-order valence-electron chi connectivity index (χ1n) is 4.25. The molecule has 4 nitrogen and oxygen atoms in total. The number of likely N-dealkylation sites (N-methyl/N-ethyl adjacent to an activating group) is 1. The van der Waals surface area contributed by atoms with Crippen molar-refractivity contribution < 1.29 is 9.63 Å². The van der Waals surface area contributed by atoms with Crippen LogP contribution in [-0.2, 0) is 9.63 Å². The molecule has 0 aliphatic carbocycles. The molecule has 0 aliphatic rings. The molecule has 0 fully saturated rings. The maximum Gasteiger partial charge on any atom is 0.269 e. The van der Waals surface area contributed by atoms with Gasteiger partial charge >= 0.3 is 0 Å². The van der Waals surface area contributed by atoms with Gasteiger partial charge < -0.3 is 0 Å². The molecule has 0 atom stereocenters. The van der Waals surface area contributed by atoms with E-state index in [1.165, 1.54) is 13.2 Å². The molecule has 80 valence electrons. The molecule has 0 radical (unpaired) electrons. The van der Waals surface area contributed by atoms with Gasteiger partial charge in [0, 0.05) is 23.8 Å². The molecule has 1 amide bonds. The molecule has 0 aromatic carbocycles. The fourth-order valence-corrected chi connectivity index (χ4v) is 1.22. The van der Waals surface area contributed by atoms with Crippen LogP contribution < -0.4 is 0 Å². The van der Waals surface area contributed by atoms with Crippen LogP contribution in [0.2, 0.25) is 0 Å². The third-order valence-electron chi connectivity index (χ3n) is 1.72. The molecule has 0 unspecified atom stereocenters. The molecule has 1 rings (SSSR count). The van der Waals surface area contributed by atoms with Gasteiger partial charge in [0.2, 0.25) is 0 Å². The van der Waals surface area contributed by atoms with Crippen molar-refractivity contribution in [3.8, 4) is 0 Å². The largest absolute Gasteiger partial charge is 0.274 e. The van der Waals surface area contributed by atoms with Gasteiger partial charge in [0.25, 0.3) is 5.91 Å². The monoisotopic (exact) mass is 270 g/mol. The van der Waals surface area contributed by atoms with Crippen LogP contribution in [0.1, 0.15) is 5.69 Å². The van der Waals surface area contributed by atoms with E-state index >= 15 is 0 Å². The van der Waals surface area contributed by atoms with Gasteiger partial charge in [0.15, 0.2) is 0 Å². The zero-order valence-corrected chi connectivity index (χ0v) is 10.1. The Bertz CT molecular complexity index is 379. The first-order chi connectivity index (χ1) is 7.13. The maximum absolute atomic E-state index is 11.3. The van der Waals surface area contributed by atoms with Crippen molar-refractivity contribution in [3.63, 3.8) is 0 Å². The number of hydrogen-bond acceptors (Lipinski definition) is 3. The number of carbonyl (C=O) groups is 1. The lowest BCUT2D eigenvalue weighted by Crippen LogP contribution is -2.22. The maximum atomic E-state index is 11.3. The minimum absolute atomic E-state index is 0.237. The molecule has 0 N–H and O–H groups in total. The highest BCUT2D eigenvalue weighted by atomic mass is 79.9. The Morgan fingerprint density at radius 2 is 2.40 bits per heavy atom. The average molecular weight is 271 g/mol. The van der Waals surface area contributed by atoms with Crippen molar-refractivity contribution in [3.05, 3.63) is 34.6 Å². The Labute approximate surface area is 96.6 Å². The van der Waals surface area contributed by atoms with Gasteiger partial charge in [0.05, 0.1) is 12.8 Å². The molecule has 0 bridgehead atoms. The summed E-state index contributed by atoms with van der Waals surface area (Å²) in [4.78, 5) is 20.1. The van der Waals surface area contributed by atoms with E-state index in [2.05, 4.69) is 20.9 Å². The molecule has 0 aliphatic heterocycles. The van der Waals surface area contributed by atoms with E-state index in [-0.39, 0.29) is 5.91 Å². The highest BCUT2D eigenvalue weighted by Gasteiger charge is 2.01. The molecule has 0 saturated carbocycles. The van der Waals surface area contributed by atoms with Crippen LogP contribution >= 0.6 is 15.9 Å². The topological polar surface area (TPSA) is 42.4 Å². The van der Waals surface area contributed by atoms with Crippen molar-refractivity contribution in [1.82, 2.24) is 10.0 Å². The van der Waals surface area contributed by atoms with E-state index in [0.29, 0.717) is 5.69 Å². The Morgan fingerprint density at radius 1 is 1.67 bits per heavy atom. The fourth-order valence-electron chi connectivity index (χ4n) is 0.864. The molecule has 0 saturated heterocycles. The molecule has 1 heterocycles. The molecular formula is C10H11BrN2O2. The van der Waals surface area contributed by atoms with E-state index in [0.717, 1.165) is 9.54 Å². The smallest absolute Gasteiger partial charge is 0.269 e. The number of rotatable bonds is 3. The van der Waals surface area contributed by atoms with Crippen LogP contribution in [-0.4, -0.2) is 30.1 Å². The quantitative estimate of drug-likeness (QED) is 0.622. The summed E-state index contributed by atoms with van der Waals surface area (Å²) >= 11 is 3.32. The summed E-state index contributed by atoms with van der Waals surface area (Å²) in [6.07, 6.45) is 4.69. The molecular weight excluding hydrogens is 260 g/mol. The fraction of sp³-hybridized carbons (Fsp3) is 0.200. The van der Waals surface area contributed by atoms with Crippen LogP contribution in [0, 0.1) is 0 Å². The summed E-state index contributed by atoms with van der Waals surface area (Å²) in [7, 11) is 2.98. The van der Waals surface area contributed by atoms with Crippen LogP contribution in [0.3, 0.4) is 0 Å². The van der Waals surface area contributed by atoms with Crippen LogP contribution in [0.4, 0.5) is 0 Å². The molecule has 15 heavy (non-hydrogen) atoms. The van der Waals surface area contributed by atoms with Crippen molar-refractivity contribution in [2.45, 2.75) is 0 Å². The highest BCUT2D eigenvalue weighted by Crippen LogP contribution is 2.10. The summed E-state index contributed by atoms with van der Waals surface area (Å²) in [5.74, 6) is -0.237. The number of hydrogen-bond donors (Lipinski definition) is 0. The minimum Gasteiger partial charge on any atom is -0.274 e. The molecule has 1 aromatic rings. The second kappa shape index (κ2) is 5.63. The number of nitrogens with zero attached hydrogens (tertiary/aromatic N) is 2. The molecule has 5 heteroatoms. The summed E-state index contributed by atoms with van der Waals surface area (Å²) < 4.78 is 0.921. The third kappa shape index (κ3) is 3.81. The number of halogens is 1. The lowest BCUT2D eigenvalue weighted by molar-refractivity contribution is -0.162. The van der Waals surface area contributed by atoms with Crippen molar-refractivity contribution in [2.24, 2.45) is 0 Å². The minimum atomic E-state index is -0.237. The van der Waals surface area contributed by atoms with Crippen LogP contribution in [0.15, 0.2) is 28.9 Å². The van der Waals surface area contributed by atoms with E-state index in [1.807, 2.05) is 12.1 Å². The average Bonchev–Trinajstić information content (AvgIpc) is 2.25. The van der Waals surface area contributed by atoms with Crippen molar-refractivity contribution in [1.29, 1.82) is 0 Å². The Hall–Kier alpha value is -1.20. The standard InChI is InChI=1S/C10H11BrN2O2/c1-13(15-2)10(14)4-3-9-7-8(11)5-6-12-9/h3-7H,1-2H3. The Balaban J connectivity index is 2.69. The summed E-state index contributed by atoms with van der Waals surface area (Å²) in [6, 6.07) is 3.64. The summed E-state index contributed by atoms with van der Waals surface area (Å²) in [5, 5.41) is 1.13. The van der Waals surface area contributed by atoms with Crippen LogP contribution in [0.25, 0.3) is 6.08 Å². The third-order valence-corrected chi connectivity index (χ3v) is 2.22. The van der Waals surface area contributed by atoms with Gasteiger partial charge in [-0.1, -0.05) is 15.9 Å². The van der Waals surface area contributed by atoms with Gasteiger partial charge in [-0.25, -0.2) is 5.06 Å². The van der Waals surface area contributed by atoms with Gasteiger partial charge in [-0.2, -0.15) is 0 Å². The number of amides is 1.